The number of hydrogen-bond donors (Lipinski definition) is 0. The first-order chi connectivity index (χ1) is 8.66. The Morgan fingerprint density at radius 2 is 1.72 bits per heavy atom. The first-order valence-electron chi connectivity index (χ1n) is 5.39. The summed E-state index contributed by atoms with van der Waals surface area (Å²) in [6.07, 6.45) is 2.81. The number of carbonyl (C=O) groups excluding carboxylic acids is 1. The van der Waals surface area contributed by atoms with Gasteiger partial charge in [0.25, 0.3) is 0 Å². The molecule has 0 saturated carbocycles. The average Bonchev–Trinajstić information content (AvgIpc) is 2.38. The van der Waals surface area contributed by atoms with Crippen LogP contribution in [0.5, 0.6) is 0 Å². The molecule has 0 aliphatic rings. The van der Waals surface area contributed by atoms with E-state index in [0.29, 0.717) is 16.1 Å². The molecule has 0 aliphatic carbocycles. The normalized spacial score (nSPS) is 10.8. The molecule has 0 spiro atoms. The summed E-state index contributed by atoms with van der Waals surface area (Å²) in [4.78, 5) is 11.8. The van der Waals surface area contributed by atoms with Crippen molar-refractivity contribution in [3.05, 3.63) is 76.6 Å². The Balaban J connectivity index is 2.17. The molecule has 0 fully saturated rings. The van der Waals surface area contributed by atoms with E-state index < -0.39 is 0 Å². The van der Waals surface area contributed by atoms with E-state index in [1.807, 2.05) is 0 Å². The van der Waals surface area contributed by atoms with E-state index in [1.165, 1.54) is 18.2 Å². The van der Waals surface area contributed by atoms with Crippen molar-refractivity contribution in [2.75, 3.05) is 0 Å². The van der Waals surface area contributed by atoms with Crippen LogP contribution in [0.15, 0.2) is 54.6 Å². The van der Waals surface area contributed by atoms with Crippen molar-refractivity contribution in [3.63, 3.8) is 0 Å². The lowest BCUT2D eigenvalue weighted by atomic mass is 10.1. The second kappa shape index (κ2) is 5.61. The van der Waals surface area contributed by atoms with Gasteiger partial charge in [0.2, 0.25) is 0 Å². The average molecular weight is 261 g/mol. The van der Waals surface area contributed by atoms with Gasteiger partial charge >= 0.3 is 0 Å². The third-order valence-electron chi connectivity index (χ3n) is 2.45. The van der Waals surface area contributed by atoms with Gasteiger partial charge in [-0.1, -0.05) is 29.8 Å². The fourth-order valence-electron chi connectivity index (χ4n) is 1.49. The summed E-state index contributed by atoms with van der Waals surface area (Å²) < 4.78 is 13.3. The Hall–Kier alpha value is -1.93. The van der Waals surface area contributed by atoms with E-state index >= 15 is 0 Å². The molecule has 0 aliphatic heterocycles. The fraction of sp³-hybridized carbons (Fsp3) is 0. The SMILES string of the molecule is O=C(/C=C/c1ccccc1F)c1ccc(Cl)cc1. The maximum atomic E-state index is 13.3. The molecule has 0 heterocycles. The molecule has 2 aromatic carbocycles. The molecule has 0 saturated heterocycles. The van der Waals surface area contributed by atoms with Crippen molar-refractivity contribution in [3.8, 4) is 0 Å². The van der Waals surface area contributed by atoms with Crippen LogP contribution in [0, 0.1) is 5.82 Å². The molecular formula is C15H10ClFO. The van der Waals surface area contributed by atoms with E-state index in [1.54, 1.807) is 42.5 Å². The third kappa shape index (κ3) is 3.05. The van der Waals surface area contributed by atoms with Gasteiger partial charge in [0.05, 0.1) is 0 Å². The predicted molar refractivity (Wildman–Crippen MR) is 71.2 cm³/mol. The Kier molecular flexibility index (Phi) is 3.90. The van der Waals surface area contributed by atoms with Crippen molar-refractivity contribution in [2.24, 2.45) is 0 Å². The highest BCUT2D eigenvalue weighted by Gasteiger charge is 2.02. The topological polar surface area (TPSA) is 17.1 Å². The smallest absolute Gasteiger partial charge is 0.185 e. The fourth-order valence-corrected chi connectivity index (χ4v) is 1.61. The quantitative estimate of drug-likeness (QED) is 0.591. The van der Waals surface area contributed by atoms with Crippen LogP contribution >= 0.6 is 11.6 Å². The zero-order chi connectivity index (χ0) is 13.0. The maximum absolute atomic E-state index is 13.3. The summed E-state index contributed by atoms with van der Waals surface area (Å²) >= 11 is 5.73. The van der Waals surface area contributed by atoms with Gasteiger partial charge in [0.1, 0.15) is 5.82 Å². The molecule has 3 heteroatoms. The van der Waals surface area contributed by atoms with E-state index in [-0.39, 0.29) is 11.6 Å². The molecule has 2 rings (SSSR count). The van der Waals surface area contributed by atoms with Crippen LogP contribution in [0.2, 0.25) is 5.02 Å². The monoisotopic (exact) mass is 260 g/mol. The summed E-state index contributed by atoms with van der Waals surface area (Å²) in [5.41, 5.74) is 0.909. The van der Waals surface area contributed by atoms with Crippen molar-refractivity contribution < 1.29 is 9.18 Å². The molecule has 0 aromatic heterocycles. The van der Waals surface area contributed by atoms with Crippen LogP contribution in [-0.2, 0) is 0 Å². The number of ketones is 1. The van der Waals surface area contributed by atoms with Gasteiger partial charge in [0.15, 0.2) is 5.78 Å². The Morgan fingerprint density at radius 1 is 1.06 bits per heavy atom. The van der Waals surface area contributed by atoms with E-state index in [4.69, 9.17) is 11.6 Å². The summed E-state index contributed by atoms with van der Waals surface area (Å²) in [5, 5.41) is 0.574. The molecule has 0 atom stereocenters. The predicted octanol–water partition coefficient (Wildman–Crippen LogP) is 4.38. The summed E-state index contributed by atoms with van der Waals surface area (Å²) in [7, 11) is 0. The molecule has 0 amide bonds. The minimum absolute atomic E-state index is 0.185. The van der Waals surface area contributed by atoms with Crippen LogP contribution in [0.1, 0.15) is 15.9 Å². The lowest BCUT2D eigenvalue weighted by Crippen LogP contribution is -1.93. The number of benzene rings is 2. The molecule has 0 bridgehead atoms. The van der Waals surface area contributed by atoms with Gasteiger partial charge in [-0.3, -0.25) is 4.79 Å². The number of allylic oxidation sites excluding steroid dienone is 1. The lowest BCUT2D eigenvalue weighted by Gasteiger charge is -1.97. The Morgan fingerprint density at radius 3 is 2.39 bits per heavy atom. The van der Waals surface area contributed by atoms with Gasteiger partial charge < -0.3 is 0 Å². The zero-order valence-electron chi connectivity index (χ0n) is 9.44. The van der Waals surface area contributed by atoms with Gasteiger partial charge in [-0.05, 0) is 42.5 Å². The third-order valence-corrected chi connectivity index (χ3v) is 2.70. The number of halogens is 2. The molecule has 18 heavy (non-hydrogen) atoms. The van der Waals surface area contributed by atoms with Crippen LogP contribution < -0.4 is 0 Å². The minimum atomic E-state index is -0.349. The summed E-state index contributed by atoms with van der Waals surface area (Å²) in [6, 6.07) is 12.8. The number of hydrogen-bond acceptors (Lipinski definition) is 1. The minimum Gasteiger partial charge on any atom is -0.289 e. The zero-order valence-corrected chi connectivity index (χ0v) is 10.2. The Labute approximate surface area is 110 Å². The molecule has 0 N–H and O–H groups in total. The summed E-state index contributed by atoms with van der Waals surface area (Å²) in [6.45, 7) is 0. The van der Waals surface area contributed by atoms with Gasteiger partial charge in [-0.15, -0.1) is 0 Å². The van der Waals surface area contributed by atoms with Crippen molar-refractivity contribution in [1.82, 2.24) is 0 Å². The highest BCUT2D eigenvalue weighted by Crippen LogP contribution is 2.12. The van der Waals surface area contributed by atoms with Crippen molar-refractivity contribution in [1.29, 1.82) is 0 Å². The Bertz CT molecular complexity index is 588. The first-order valence-corrected chi connectivity index (χ1v) is 5.77. The molecule has 90 valence electrons. The number of rotatable bonds is 3. The van der Waals surface area contributed by atoms with Crippen molar-refractivity contribution in [2.45, 2.75) is 0 Å². The van der Waals surface area contributed by atoms with Crippen LogP contribution in [0.3, 0.4) is 0 Å². The molecule has 2 aromatic rings. The maximum Gasteiger partial charge on any atom is 0.185 e. The van der Waals surface area contributed by atoms with Crippen LogP contribution in [0.4, 0.5) is 4.39 Å². The molecular weight excluding hydrogens is 251 g/mol. The van der Waals surface area contributed by atoms with Crippen LogP contribution in [0.25, 0.3) is 6.08 Å². The molecule has 0 radical (unpaired) electrons. The summed E-state index contributed by atoms with van der Waals surface area (Å²) in [5.74, 6) is -0.535. The van der Waals surface area contributed by atoms with E-state index in [0.717, 1.165) is 0 Å². The molecule has 0 unspecified atom stereocenters. The van der Waals surface area contributed by atoms with E-state index in [9.17, 15) is 9.18 Å². The highest BCUT2D eigenvalue weighted by molar-refractivity contribution is 6.30. The second-order valence-electron chi connectivity index (χ2n) is 3.73. The second-order valence-corrected chi connectivity index (χ2v) is 4.16. The largest absolute Gasteiger partial charge is 0.289 e. The standard InChI is InChI=1S/C15H10ClFO/c16-13-8-5-12(6-9-13)15(18)10-7-11-3-1-2-4-14(11)17/h1-10H/b10-7+. The van der Waals surface area contributed by atoms with Gasteiger partial charge in [-0.2, -0.15) is 0 Å². The lowest BCUT2D eigenvalue weighted by molar-refractivity contribution is 0.104. The van der Waals surface area contributed by atoms with Crippen LogP contribution in [-0.4, -0.2) is 5.78 Å². The first kappa shape index (κ1) is 12.5. The van der Waals surface area contributed by atoms with Crippen molar-refractivity contribution >= 4 is 23.5 Å². The highest BCUT2D eigenvalue weighted by atomic mass is 35.5. The molecule has 1 nitrogen and oxygen atoms in total. The number of carbonyl (C=O) groups is 1. The van der Waals surface area contributed by atoms with E-state index in [2.05, 4.69) is 0 Å². The van der Waals surface area contributed by atoms with Gasteiger partial charge in [-0.25, -0.2) is 4.39 Å². The van der Waals surface area contributed by atoms with Gasteiger partial charge in [0, 0.05) is 16.1 Å².